The Hall–Kier alpha value is -3.85. The number of rotatable bonds is 7. The smallest absolute Gasteiger partial charge is 0.255 e. The molecule has 172 valence electrons. The van der Waals surface area contributed by atoms with Gasteiger partial charge in [-0.15, -0.1) is 16.9 Å². The van der Waals surface area contributed by atoms with Crippen LogP contribution in [0.5, 0.6) is 11.5 Å². The lowest BCUT2D eigenvalue weighted by Gasteiger charge is -2.22. The van der Waals surface area contributed by atoms with E-state index in [1.165, 1.54) is 11.8 Å². The van der Waals surface area contributed by atoms with Gasteiger partial charge in [0.05, 0.1) is 17.0 Å². The summed E-state index contributed by atoms with van der Waals surface area (Å²) in [6.45, 7) is 1.54. The summed E-state index contributed by atoms with van der Waals surface area (Å²) in [7, 11) is 1.80. The molecule has 0 saturated carbocycles. The molecule has 2 heterocycles. The van der Waals surface area contributed by atoms with Crippen LogP contribution in [0.15, 0.2) is 77.7 Å². The molecule has 0 fully saturated rings. The van der Waals surface area contributed by atoms with Crippen molar-refractivity contribution in [3.05, 3.63) is 89.7 Å². The zero-order chi connectivity index (χ0) is 23.3. The van der Waals surface area contributed by atoms with E-state index in [1.54, 1.807) is 16.6 Å². The summed E-state index contributed by atoms with van der Waals surface area (Å²) in [4.78, 5) is 15.9. The third-order valence-electron chi connectivity index (χ3n) is 5.38. The van der Waals surface area contributed by atoms with Crippen molar-refractivity contribution in [3.63, 3.8) is 0 Å². The monoisotopic (exact) mass is 473 g/mol. The second-order valence-electron chi connectivity index (χ2n) is 7.77. The average molecular weight is 474 g/mol. The quantitative estimate of drug-likeness (QED) is 0.375. The maximum Gasteiger partial charge on any atom is 0.255 e. The van der Waals surface area contributed by atoms with E-state index in [-0.39, 0.29) is 5.91 Å². The van der Waals surface area contributed by atoms with Gasteiger partial charge in [0.1, 0.15) is 13.2 Å². The minimum atomic E-state index is -0.0550. The van der Waals surface area contributed by atoms with Crippen LogP contribution in [0.3, 0.4) is 0 Å². The fourth-order valence-corrected chi connectivity index (χ4v) is 4.66. The van der Waals surface area contributed by atoms with Crippen molar-refractivity contribution in [2.75, 3.05) is 20.3 Å². The Balaban J connectivity index is 1.29. The fraction of sp³-hybridized carbons (Fsp3) is 0.200. The number of thioether (sulfide) groups is 1. The number of fused-ring (bicyclic) bond motifs is 1. The minimum absolute atomic E-state index is 0.0550. The average Bonchev–Trinajstić information content (AvgIpc) is 3.36. The summed E-state index contributed by atoms with van der Waals surface area (Å²) in [5.41, 5.74) is 2.52. The second kappa shape index (κ2) is 9.96. The molecule has 9 heteroatoms. The molecule has 0 N–H and O–H groups in total. The molecule has 0 atom stereocenters. The predicted octanol–water partition coefficient (Wildman–Crippen LogP) is 4.00. The normalized spacial score (nSPS) is 12.4. The van der Waals surface area contributed by atoms with Crippen LogP contribution >= 0.6 is 11.8 Å². The van der Waals surface area contributed by atoms with Crippen LogP contribution in [-0.2, 0) is 12.3 Å². The van der Waals surface area contributed by atoms with E-state index in [0.29, 0.717) is 36.9 Å². The molecule has 0 bridgehead atoms. The highest BCUT2D eigenvalue weighted by Crippen LogP contribution is 2.32. The van der Waals surface area contributed by atoms with Gasteiger partial charge in [0.15, 0.2) is 17.3 Å². The Bertz CT molecular complexity index is 1290. The van der Waals surface area contributed by atoms with Gasteiger partial charge in [-0.3, -0.25) is 4.79 Å². The van der Waals surface area contributed by atoms with Gasteiger partial charge < -0.3 is 14.4 Å². The van der Waals surface area contributed by atoms with Gasteiger partial charge in [0, 0.05) is 18.5 Å². The van der Waals surface area contributed by atoms with Crippen molar-refractivity contribution >= 4 is 17.7 Å². The first-order valence-electron chi connectivity index (χ1n) is 10.9. The number of aromatic nitrogens is 4. The van der Waals surface area contributed by atoms with Gasteiger partial charge in [-0.05, 0) is 52.4 Å². The number of carbonyl (C=O) groups excluding carboxylic acids is 1. The van der Waals surface area contributed by atoms with Crippen molar-refractivity contribution in [1.82, 2.24) is 25.1 Å². The van der Waals surface area contributed by atoms with E-state index in [0.717, 1.165) is 27.6 Å². The summed E-state index contributed by atoms with van der Waals surface area (Å²) < 4.78 is 13.0. The molecule has 1 aliphatic rings. The highest BCUT2D eigenvalue weighted by Gasteiger charge is 2.19. The first-order chi connectivity index (χ1) is 16.7. The van der Waals surface area contributed by atoms with Gasteiger partial charge in [-0.25, -0.2) is 0 Å². The van der Waals surface area contributed by atoms with Crippen LogP contribution in [0.25, 0.3) is 5.69 Å². The first-order valence-corrected chi connectivity index (χ1v) is 11.9. The van der Waals surface area contributed by atoms with Crippen molar-refractivity contribution < 1.29 is 14.3 Å². The van der Waals surface area contributed by atoms with Crippen molar-refractivity contribution in [3.8, 4) is 17.2 Å². The van der Waals surface area contributed by atoms with Crippen LogP contribution in [0.4, 0.5) is 0 Å². The van der Waals surface area contributed by atoms with Gasteiger partial charge in [0.25, 0.3) is 5.91 Å². The fourth-order valence-electron chi connectivity index (χ4n) is 3.71. The predicted molar refractivity (Wildman–Crippen MR) is 128 cm³/mol. The van der Waals surface area contributed by atoms with E-state index in [2.05, 4.69) is 15.5 Å². The number of para-hydroxylation sites is 1. The highest BCUT2D eigenvalue weighted by atomic mass is 32.2. The molecule has 0 radical (unpaired) electrons. The Morgan fingerprint density at radius 2 is 1.76 bits per heavy atom. The Kier molecular flexibility index (Phi) is 6.44. The van der Waals surface area contributed by atoms with Gasteiger partial charge >= 0.3 is 0 Å². The molecule has 1 amide bonds. The van der Waals surface area contributed by atoms with Crippen molar-refractivity contribution in [2.24, 2.45) is 0 Å². The molecule has 3 aromatic carbocycles. The zero-order valence-electron chi connectivity index (χ0n) is 18.6. The maximum atomic E-state index is 13.3. The van der Waals surface area contributed by atoms with Crippen LogP contribution < -0.4 is 9.47 Å². The number of amides is 1. The SMILES string of the molecule is CN(Cc1ccc2c(c1)OCCO2)C(=O)c1ccccc1SCc1nnnn1-c1ccccc1. The van der Waals surface area contributed by atoms with E-state index >= 15 is 0 Å². The van der Waals surface area contributed by atoms with Crippen molar-refractivity contribution in [2.45, 2.75) is 17.2 Å². The zero-order valence-corrected chi connectivity index (χ0v) is 19.4. The molecule has 8 nitrogen and oxygen atoms in total. The number of hydrogen-bond acceptors (Lipinski definition) is 7. The number of carbonyl (C=O) groups is 1. The van der Waals surface area contributed by atoms with Crippen LogP contribution in [0.2, 0.25) is 0 Å². The summed E-state index contributed by atoms with van der Waals surface area (Å²) >= 11 is 1.54. The Morgan fingerprint density at radius 3 is 2.62 bits per heavy atom. The molecule has 1 aliphatic heterocycles. The second-order valence-corrected chi connectivity index (χ2v) is 8.78. The minimum Gasteiger partial charge on any atom is -0.486 e. The lowest BCUT2D eigenvalue weighted by atomic mass is 10.1. The topological polar surface area (TPSA) is 82.4 Å². The van der Waals surface area contributed by atoms with Crippen LogP contribution in [-0.4, -0.2) is 51.3 Å². The maximum absolute atomic E-state index is 13.3. The third kappa shape index (κ3) is 4.74. The molecule has 0 aliphatic carbocycles. The summed E-state index contributed by atoms with van der Waals surface area (Å²) in [5.74, 6) is 2.64. The number of tetrazole rings is 1. The molecule has 1 aromatic heterocycles. The highest BCUT2D eigenvalue weighted by molar-refractivity contribution is 7.98. The molecule has 4 aromatic rings. The summed E-state index contributed by atoms with van der Waals surface area (Å²) in [5, 5.41) is 12.1. The molecule has 0 spiro atoms. The third-order valence-corrected chi connectivity index (χ3v) is 6.45. The van der Waals surface area contributed by atoms with Gasteiger partial charge in [-0.1, -0.05) is 36.4 Å². The molecule has 0 unspecified atom stereocenters. The Labute approximate surface area is 201 Å². The molecule has 5 rings (SSSR count). The van der Waals surface area contributed by atoms with Crippen molar-refractivity contribution in [1.29, 1.82) is 0 Å². The lowest BCUT2D eigenvalue weighted by molar-refractivity contribution is 0.0781. The lowest BCUT2D eigenvalue weighted by Crippen LogP contribution is -2.26. The van der Waals surface area contributed by atoms with Gasteiger partial charge in [-0.2, -0.15) is 4.68 Å². The van der Waals surface area contributed by atoms with E-state index in [4.69, 9.17) is 9.47 Å². The largest absolute Gasteiger partial charge is 0.486 e. The number of nitrogens with zero attached hydrogens (tertiary/aromatic N) is 5. The van der Waals surface area contributed by atoms with E-state index in [1.807, 2.05) is 72.8 Å². The summed E-state index contributed by atoms with van der Waals surface area (Å²) in [6.07, 6.45) is 0. The number of ether oxygens (including phenoxy) is 2. The van der Waals surface area contributed by atoms with Crippen LogP contribution in [0.1, 0.15) is 21.7 Å². The molecule has 34 heavy (non-hydrogen) atoms. The summed E-state index contributed by atoms with van der Waals surface area (Å²) in [6, 6.07) is 23.1. The van der Waals surface area contributed by atoms with E-state index in [9.17, 15) is 4.79 Å². The molecule has 0 saturated heterocycles. The van der Waals surface area contributed by atoms with Gasteiger partial charge in [0.2, 0.25) is 0 Å². The first kappa shape index (κ1) is 22.0. The standard InChI is InChI=1S/C25H23N5O3S/c1-29(16-18-11-12-21-22(15-18)33-14-13-32-21)25(31)20-9-5-6-10-23(20)34-17-24-26-27-28-30(24)19-7-3-2-4-8-19/h2-12,15H,13-14,16-17H2,1H3. The molecular weight excluding hydrogens is 450 g/mol. The van der Waals surface area contributed by atoms with E-state index < -0.39 is 0 Å². The molecular formula is C25H23N5O3S. The number of benzene rings is 3. The Morgan fingerprint density at radius 1 is 1.00 bits per heavy atom. The van der Waals surface area contributed by atoms with Crippen LogP contribution in [0, 0.1) is 0 Å². The number of hydrogen-bond donors (Lipinski definition) is 0.